The van der Waals surface area contributed by atoms with Gasteiger partial charge in [-0.2, -0.15) is 9.61 Å². The van der Waals surface area contributed by atoms with E-state index in [-0.39, 0.29) is 0 Å². The lowest BCUT2D eigenvalue weighted by Gasteiger charge is -2.20. The molecule has 0 saturated carbocycles. The van der Waals surface area contributed by atoms with Gasteiger partial charge in [-0.1, -0.05) is 12.1 Å². The van der Waals surface area contributed by atoms with Crippen LogP contribution in [0.15, 0.2) is 42.7 Å². The van der Waals surface area contributed by atoms with Gasteiger partial charge in [0.1, 0.15) is 12.1 Å². The highest BCUT2D eigenvalue weighted by Crippen LogP contribution is 2.19. The molecule has 0 aliphatic carbocycles. The summed E-state index contributed by atoms with van der Waals surface area (Å²) in [4.78, 5) is 6.39. The van der Waals surface area contributed by atoms with Crippen LogP contribution in [0.4, 0.5) is 11.5 Å². The molecule has 0 amide bonds. The molecule has 102 valence electrons. The lowest BCUT2D eigenvalue weighted by Crippen LogP contribution is -2.20. The molecule has 3 rings (SSSR count). The molecule has 20 heavy (non-hydrogen) atoms. The first-order valence-corrected chi connectivity index (χ1v) is 6.49. The molecule has 0 radical (unpaired) electrons. The van der Waals surface area contributed by atoms with E-state index in [4.69, 9.17) is 5.73 Å². The predicted octanol–water partition coefficient (Wildman–Crippen LogP) is 2.26. The number of nitrogens with two attached hydrogens (primary N) is 1. The maximum atomic E-state index is 5.83. The van der Waals surface area contributed by atoms with Crippen molar-refractivity contribution in [2.24, 2.45) is 0 Å². The van der Waals surface area contributed by atoms with Crippen molar-refractivity contribution in [3.05, 3.63) is 53.9 Å². The molecule has 2 aromatic heterocycles. The van der Waals surface area contributed by atoms with Gasteiger partial charge in [-0.25, -0.2) is 4.98 Å². The number of hydrogen-bond donors (Lipinski definition) is 1. The molecule has 2 N–H and O–H groups in total. The van der Waals surface area contributed by atoms with E-state index < -0.39 is 0 Å². The van der Waals surface area contributed by atoms with Crippen molar-refractivity contribution in [1.82, 2.24) is 14.6 Å². The van der Waals surface area contributed by atoms with Gasteiger partial charge in [0.25, 0.3) is 0 Å². The predicted molar refractivity (Wildman–Crippen MR) is 80.7 cm³/mol. The minimum atomic E-state index is 0.767. The number of hydrogen-bond acceptors (Lipinski definition) is 4. The summed E-state index contributed by atoms with van der Waals surface area (Å²) in [5, 5.41) is 4.28. The summed E-state index contributed by atoms with van der Waals surface area (Å²) < 4.78 is 1.85. The molecule has 5 nitrogen and oxygen atoms in total. The Bertz CT molecular complexity index is 747. The molecule has 0 saturated heterocycles. The summed E-state index contributed by atoms with van der Waals surface area (Å²) in [7, 11) is 2.04. The minimum absolute atomic E-state index is 0.767. The second kappa shape index (κ2) is 4.85. The van der Waals surface area contributed by atoms with Crippen LogP contribution in [-0.2, 0) is 6.54 Å². The Morgan fingerprint density at radius 1 is 1.25 bits per heavy atom. The van der Waals surface area contributed by atoms with Crippen molar-refractivity contribution in [3.8, 4) is 0 Å². The molecule has 1 aromatic carbocycles. The zero-order chi connectivity index (χ0) is 14.1. The Morgan fingerprint density at radius 2 is 2.10 bits per heavy atom. The molecule has 0 atom stereocenters. The molecule has 0 unspecified atom stereocenters. The number of pyridine rings is 1. The highest BCUT2D eigenvalue weighted by Gasteiger charge is 2.09. The van der Waals surface area contributed by atoms with Crippen LogP contribution in [0, 0.1) is 6.92 Å². The van der Waals surface area contributed by atoms with Gasteiger partial charge in [0.05, 0.1) is 0 Å². The zero-order valence-electron chi connectivity index (χ0n) is 11.6. The smallest absolute Gasteiger partial charge is 0.157 e. The standard InChI is InChI=1S/C15H17N5/c1-11-6-14-17-10-18-20(14)15(7-11)19(2)9-12-4-3-5-13(16)8-12/h3-8,10H,9,16H2,1-2H3. The summed E-state index contributed by atoms with van der Waals surface area (Å²) >= 11 is 0. The topological polar surface area (TPSA) is 59.5 Å². The Kier molecular flexibility index (Phi) is 3.02. The van der Waals surface area contributed by atoms with Crippen LogP contribution in [0.1, 0.15) is 11.1 Å². The average molecular weight is 267 g/mol. The normalized spacial score (nSPS) is 10.9. The van der Waals surface area contributed by atoms with E-state index in [1.807, 2.05) is 35.8 Å². The van der Waals surface area contributed by atoms with Crippen molar-refractivity contribution in [2.75, 3.05) is 17.7 Å². The number of benzene rings is 1. The molecule has 0 aliphatic heterocycles. The van der Waals surface area contributed by atoms with Crippen LogP contribution in [0.5, 0.6) is 0 Å². The quantitative estimate of drug-likeness (QED) is 0.739. The van der Waals surface area contributed by atoms with Crippen molar-refractivity contribution in [2.45, 2.75) is 13.5 Å². The van der Waals surface area contributed by atoms with E-state index in [1.54, 1.807) is 6.33 Å². The van der Waals surface area contributed by atoms with Gasteiger partial charge in [-0.15, -0.1) is 0 Å². The van der Waals surface area contributed by atoms with Gasteiger partial charge in [0.2, 0.25) is 0 Å². The third-order valence-electron chi connectivity index (χ3n) is 3.27. The number of nitrogens with zero attached hydrogens (tertiary/aromatic N) is 4. The van der Waals surface area contributed by atoms with Crippen LogP contribution in [0.25, 0.3) is 5.65 Å². The summed E-state index contributed by atoms with van der Waals surface area (Å²) in [5.74, 6) is 1.01. The molecule has 2 heterocycles. The molecule has 3 aromatic rings. The molecule has 0 aliphatic rings. The van der Waals surface area contributed by atoms with E-state index >= 15 is 0 Å². The Morgan fingerprint density at radius 3 is 2.90 bits per heavy atom. The maximum absolute atomic E-state index is 5.83. The van der Waals surface area contributed by atoms with E-state index in [9.17, 15) is 0 Å². The monoisotopic (exact) mass is 267 g/mol. The van der Waals surface area contributed by atoms with Gasteiger partial charge < -0.3 is 10.6 Å². The number of anilines is 2. The van der Waals surface area contributed by atoms with Crippen molar-refractivity contribution in [1.29, 1.82) is 0 Å². The highest BCUT2D eigenvalue weighted by molar-refractivity contribution is 5.53. The second-order valence-electron chi connectivity index (χ2n) is 5.02. The average Bonchev–Trinajstić information content (AvgIpc) is 2.85. The van der Waals surface area contributed by atoms with Gasteiger partial charge in [0, 0.05) is 19.3 Å². The molecule has 0 spiro atoms. The van der Waals surface area contributed by atoms with E-state index in [0.29, 0.717) is 0 Å². The number of fused-ring (bicyclic) bond motifs is 1. The summed E-state index contributed by atoms with van der Waals surface area (Å²) in [6, 6.07) is 12.1. The molecule has 0 fully saturated rings. The fourth-order valence-corrected chi connectivity index (χ4v) is 2.35. The minimum Gasteiger partial charge on any atom is -0.399 e. The van der Waals surface area contributed by atoms with Crippen LogP contribution in [0.2, 0.25) is 0 Å². The summed E-state index contributed by atoms with van der Waals surface area (Å²) in [5.41, 5.74) is 9.80. The van der Waals surface area contributed by atoms with Gasteiger partial charge in [-0.3, -0.25) is 0 Å². The van der Waals surface area contributed by atoms with Gasteiger partial charge in [-0.05, 0) is 42.3 Å². The number of rotatable bonds is 3. The SMILES string of the molecule is Cc1cc(N(C)Cc2cccc(N)c2)n2ncnc2c1. The van der Waals surface area contributed by atoms with Crippen molar-refractivity contribution < 1.29 is 0 Å². The van der Waals surface area contributed by atoms with Crippen LogP contribution >= 0.6 is 0 Å². The van der Waals surface area contributed by atoms with Gasteiger partial charge >= 0.3 is 0 Å². The maximum Gasteiger partial charge on any atom is 0.157 e. The number of aromatic nitrogens is 3. The van der Waals surface area contributed by atoms with Crippen LogP contribution < -0.4 is 10.6 Å². The number of aryl methyl sites for hydroxylation is 1. The second-order valence-corrected chi connectivity index (χ2v) is 5.02. The lowest BCUT2D eigenvalue weighted by molar-refractivity contribution is 0.839. The van der Waals surface area contributed by atoms with Crippen molar-refractivity contribution >= 4 is 17.2 Å². The first-order valence-electron chi connectivity index (χ1n) is 6.49. The third kappa shape index (κ3) is 2.30. The molecular formula is C15H17N5. The highest BCUT2D eigenvalue weighted by atomic mass is 15.4. The Hall–Kier alpha value is -2.56. The summed E-state index contributed by atoms with van der Waals surface area (Å²) in [6.45, 7) is 2.83. The first kappa shape index (κ1) is 12.5. The van der Waals surface area contributed by atoms with Crippen molar-refractivity contribution in [3.63, 3.8) is 0 Å². The Balaban J connectivity index is 1.96. The first-order chi connectivity index (χ1) is 9.63. The zero-order valence-corrected chi connectivity index (χ0v) is 11.6. The van der Waals surface area contributed by atoms with E-state index in [1.165, 1.54) is 11.1 Å². The fourth-order valence-electron chi connectivity index (χ4n) is 2.35. The fraction of sp³-hybridized carbons (Fsp3) is 0.200. The molecule has 5 heteroatoms. The lowest BCUT2D eigenvalue weighted by atomic mass is 10.2. The van der Waals surface area contributed by atoms with E-state index in [0.717, 1.165) is 23.7 Å². The summed E-state index contributed by atoms with van der Waals surface area (Å²) in [6.07, 6.45) is 1.58. The molecule has 0 bridgehead atoms. The van der Waals surface area contributed by atoms with Crippen LogP contribution in [-0.4, -0.2) is 21.6 Å². The van der Waals surface area contributed by atoms with Crippen LogP contribution in [0.3, 0.4) is 0 Å². The van der Waals surface area contributed by atoms with E-state index in [2.05, 4.69) is 34.0 Å². The van der Waals surface area contributed by atoms with Gasteiger partial charge in [0.15, 0.2) is 5.65 Å². The Labute approximate surface area is 117 Å². The third-order valence-corrected chi connectivity index (χ3v) is 3.27. The number of nitrogen functional groups attached to an aromatic ring is 1. The largest absolute Gasteiger partial charge is 0.399 e. The molecular weight excluding hydrogens is 250 g/mol.